The van der Waals surface area contributed by atoms with E-state index in [1.165, 1.54) is 13.8 Å². The van der Waals surface area contributed by atoms with Crippen molar-refractivity contribution in [3.8, 4) is 11.1 Å². The van der Waals surface area contributed by atoms with Crippen molar-refractivity contribution >= 4 is 11.8 Å². The molecule has 0 bridgehead atoms. The third-order valence-electron chi connectivity index (χ3n) is 4.17. The van der Waals surface area contributed by atoms with Gasteiger partial charge < -0.3 is 16.2 Å². The normalized spacial score (nSPS) is 12.4. The smallest absolute Gasteiger partial charge is 0.251 e. The Morgan fingerprint density at radius 2 is 1.60 bits per heavy atom. The number of carbonyl (C=O) groups excluding carboxylic acids is 2. The van der Waals surface area contributed by atoms with E-state index in [9.17, 15) is 14.7 Å². The van der Waals surface area contributed by atoms with Crippen LogP contribution in [0.15, 0.2) is 54.6 Å². The molecule has 1 atom stereocenters. The summed E-state index contributed by atoms with van der Waals surface area (Å²) in [5.74, 6) is -1.51. The molecule has 132 valence electrons. The fourth-order valence-corrected chi connectivity index (χ4v) is 2.72. The molecule has 0 heterocycles. The van der Waals surface area contributed by atoms with Crippen LogP contribution in [-0.4, -0.2) is 29.1 Å². The van der Waals surface area contributed by atoms with Crippen molar-refractivity contribution in [1.82, 2.24) is 5.32 Å². The summed E-state index contributed by atoms with van der Waals surface area (Å²) in [4.78, 5) is 23.6. The van der Waals surface area contributed by atoms with Crippen LogP contribution >= 0.6 is 0 Å². The number of carbonyl (C=O) groups is 2. The van der Waals surface area contributed by atoms with E-state index in [1.54, 1.807) is 12.1 Å². The van der Waals surface area contributed by atoms with Crippen molar-refractivity contribution in [2.45, 2.75) is 25.9 Å². The van der Waals surface area contributed by atoms with Gasteiger partial charge in [-0.1, -0.05) is 42.5 Å². The Kier molecular flexibility index (Phi) is 5.93. The van der Waals surface area contributed by atoms with Crippen LogP contribution in [0.1, 0.15) is 30.6 Å². The van der Waals surface area contributed by atoms with Gasteiger partial charge >= 0.3 is 0 Å². The SMILES string of the molecule is CC(C)(O)C(CCNC(=O)c1ccc(-c2ccccc2)cc1)C(N)=O. The number of rotatable bonds is 7. The van der Waals surface area contributed by atoms with Crippen LogP contribution in [-0.2, 0) is 4.79 Å². The number of aliphatic hydroxyl groups is 1. The number of hydrogen-bond acceptors (Lipinski definition) is 3. The van der Waals surface area contributed by atoms with Gasteiger partial charge in [0.15, 0.2) is 0 Å². The predicted octanol–water partition coefficient (Wildman–Crippen LogP) is 2.35. The monoisotopic (exact) mass is 340 g/mol. The third kappa shape index (κ3) is 5.16. The second-order valence-electron chi connectivity index (χ2n) is 6.60. The highest BCUT2D eigenvalue weighted by Gasteiger charge is 2.31. The average Bonchev–Trinajstić information content (AvgIpc) is 2.58. The zero-order chi connectivity index (χ0) is 18.4. The minimum Gasteiger partial charge on any atom is -0.390 e. The highest BCUT2D eigenvalue weighted by atomic mass is 16.3. The summed E-state index contributed by atoms with van der Waals surface area (Å²) in [5.41, 5.74) is 6.76. The first kappa shape index (κ1) is 18.7. The highest BCUT2D eigenvalue weighted by molar-refractivity contribution is 5.94. The minimum absolute atomic E-state index is 0.224. The molecule has 0 spiro atoms. The summed E-state index contributed by atoms with van der Waals surface area (Å²) in [6.45, 7) is 3.33. The van der Waals surface area contributed by atoms with Gasteiger partial charge in [0.05, 0.1) is 11.5 Å². The molecule has 0 aromatic heterocycles. The van der Waals surface area contributed by atoms with E-state index in [-0.39, 0.29) is 18.9 Å². The van der Waals surface area contributed by atoms with E-state index in [0.29, 0.717) is 5.56 Å². The second-order valence-corrected chi connectivity index (χ2v) is 6.60. The first-order chi connectivity index (χ1) is 11.8. The maximum atomic E-state index is 12.2. The van der Waals surface area contributed by atoms with Gasteiger partial charge in [-0.25, -0.2) is 0 Å². The van der Waals surface area contributed by atoms with Gasteiger partial charge in [0, 0.05) is 12.1 Å². The summed E-state index contributed by atoms with van der Waals surface area (Å²) in [6.07, 6.45) is 0.284. The molecule has 2 aromatic rings. The van der Waals surface area contributed by atoms with Crippen LogP contribution in [0.5, 0.6) is 0 Å². The Labute approximate surface area is 147 Å². The molecule has 0 aliphatic rings. The number of primary amides is 1. The summed E-state index contributed by atoms with van der Waals surface area (Å²) in [7, 11) is 0. The van der Waals surface area contributed by atoms with E-state index < -0.39 is 17.4 Å². The van der Waals surface area contributed by atoms with E-state index in [4.69, 9.17) is 5.73 Å². The van der Waals surface area contributed by atoms with Crippen molar-refractivity contribution < 1.29 is 14.7 Å². The third-order valence-corrected chi connectivity index (χ3v) is 4.17. The molecule has 1 unspecified atom stereocenters. The molecule has 25 heavy (non-hydrogen) atoms. The largest absolute Gasteiger partial charge is 0.390 e. The number of benzene rings is 2. The number of hydrogen-bond donors (Lipinski definition) is 3. The van der Waals surface area contributed by atoms with E-state index in [1.807, 2.05) is 42.5 Å². The predicted molar refractivity (Wildman–Crippen MR) is 97.8 cm³/mol. The highest BCUT2D eigenvalue weighted by Crippen LogP contribution is 2.20. The average molecular weight is 340 g/mol. The van der Waals surface area contributed by atoms with Crippen LogP contribution in [0.3, 0.4) is 0 Å². The van der Waals surface area contributed by atoms with Crippen molar-refractivity contribution in [2.75, 3.05) is 6.54 Å². The molecule has 0 saturated heterocycles. The number of nitrogens with one attached hydrogen (secondary N) is 1. The molecular weight excluding hydrogens is 316 g/mol. The Balaban J connectivity index is 1.94. The van der Waals surface area contributed by atoms with E-state index >= 15 is 0 Å². The molecule has 2 rings (SSSR count). The van der Waals surface area contributed by atoms with Crippen LogP contribution in [0.25, 0.3) is 11.1 Å². The molecule has 5 heteroatoms. The molecule has 0 aliphatic carbocycles. The molecule has 2 amide bonds. The summed E-state index contributed by atoms with van der Waals surface area (Å²) in [5, 5.41) is 12.7. The fourth-order valence-electron chi connectivity index (χ4n) is 2.72. The zero-order valence-corrected chi connectivity index (χ0v) is 14.5. The summed E-state index contributed by atoms with van der Waals surface area (Å²) in [6, 6.07) is 17.2. The molecule has 0 aliphatic heterocycles. The summed E-state index contributed by atoms with van der Waals surface area (Å²) >= 11 is 0. The lowest BCUT2D eigenvalue weighted by molar-refractivity contribution is -0.129. The second kappa shape index (κ2) is 7.94. The Morgan fingerprint density at radius 1 is 1.04 bits per heavy atom. The van der Waals surface area contributed by atoms with Gasteiger partial charge in [-0.05, 0) is 43.5 Å². The maximum Gasteiger partial charge on any atom is 0.251 e. The molecule has 0 radical (unpaired) electrons. The summed E-state index contributed by atoms with van der Waals surface area (Å²) < 4.78 is 0. The lowest BCUT2D eigenvalue weighted by Crippen LogP contribution is -2.42. The fraction of sp³-hybridized carbons (Fsp3) is 0.300. The van der Waals surface area contributed by atoms with Crippen LogP contribution in [0, 0.1) is 5.92 Å². The van der Waals surface area contributed by atoms with Crippen LogP contribution in [0.2, 0.25) is 0 Å². The van der Waals surface area contributed by atoms with E-state index in [0.717, 1.165) is 11.1 Å². The lowest BCUT2D eigenvalue weighted by Gasteiger charge is -2.26. The Bertz CT molecular complexity index is 719. The molecule has 0 fully saturated rings. The number of amides is 2. The quantitative estimate of drug-likeness (QED) is 0.722. The topological polar surface area (TPSA) is 92.4 Å². The standard InChI is InChI=1S/C20H24N2O3/c1-20(2,25)17(18(21)23)12-13-22-19(24)16-10-8-15(9-11-16)14-6-4-3-5-7-14/h3-11,17,25H,12-13H2,1-2H3,(H2,21,23)(H,22,24). The Morgan fingerprint density at radius 3 is 2.12 bits per heavy atom. The molecule has 2 aromatic carbocycles. The van der Waals surface area contributed by atoms with Gasteiger partial charge in [0.2, 0.25) is 5.91 Å². The van der Waals surface area contributed by atoms with Crippen molar-refractivity contribution in [3.63, 3.8) is 0 Å². The molecule has 5 nitrogen and oxygen atoms in total. The lowest BCUT2D eigenvalue weighted by atomic mass is 9.87. The van der Waals surface area contributed by atoms with Gasteiger partial charge in [-0.2, -0.15) is 0 Å². The Hall–Kier alpha value is -2.66. The minimum atomic E-state index is -1.21. The molecule has 0 saturated carbocycles. The first-order valence-corrected chi connectivity index (χ1v) is 8.24. The van der Waals surface area contributed by atoms with Crippen LogP contribution in [0.4, 0.5) is 0 Å². The van der Waals surface area contributed by atoms with Crippen molar-refractivity contribution in [3.05, 3.63) is 60.2 Å². The van der Waals surface area contributed by atoms with Crippen LogP contribution < -0.4 is 11.1 Å². The maximum absolute atomic E-state index is 12.2. The molecular formula is C20H24N2O3. The van der Waals surface area contributed by atoms with Gasteiger partial charge in [0.25, 0.3) is 5.91 Å². The van der Waals surface area contributed by atoms with Gasteiger partial charge in [-0.3, -0.25) is 9.59 Å². The number of nitrogens with two attached hydrogens (primary N) is 1. The van der Waals surface area contributed by atoms with E-state index in [2.05, 4.69) is 5.32 Å². The molecule has 4 N–H and O–H groups in total. The first-order valence-electron chi connectivity index (χ1n) is 8.24. The van der Waals surface area contributed by atoms with Gasteiger partial charge in [-0.15, -0.1) is 0 Å². The zero-order valence-electron chi connectivity index (χ0n) is 14.5. The van der Waals surface area contributed by atoms with Gasteiger partial charge in [0.1, 0.15) is 0 Å². The van der Waals surface area contributed by atoms with Crippen molar-refractivity contribution in [2.24, 2.45) is 11.7 Å². The van der Waals surface area contributed by atoms with Crippen molar-refractivity contribution in [1.29, 1.82) is 0 Å².